The first kappa shape index (κ1) is 8.69. The van der Waals surface area contributed by atoms with E-state index in [0.29, 0.717) is 5.69 Å². The van der Waals surface area contributed by atoms with E-state index in [1.807, 2.05) is 31.3 Å². The fourth-order valence-electron chi connectivity index (χ4n) is 1.25. The second kappa shape index (κ2) is 3.46. The molecular weight excluding hydrogens is 174 g/mol. The highest BCUT2D eigenvalue weighted by Gasteiger charge is 1.98. The third-order valence-corrected chi connectivity index (χ3v) is 2.00. The smallest absolute Gasteiger partial charge is 0.0506 e. The summed E-state index contributed by atoms with van der Waals surface area (Å²) in [4.78, 5) is 8.25. The molecule has 0 saturated carbocycles. The zero-order valence-corrected chi connectivity index (χ0v) is 7.94. The topological polar surface area (TPSA) is 51.8 Å². The first-order chi connectivity index (χ1) is 6.75. The van der Waals surface area contributed by atoms with E-state index in [1.165, 1.54) is 0 Å². The van der Waals surface area contributed by atoms with Gasteiger partial charge in [-0.1, -0.05) is 6.07 Å². The number of nitrogen functional groups attached to an aromatic ring is 1. The van der Waals surface area contributed by atoms with Gasteiger partial charge in [0, 0.05) is 35.4 Å². The molecule has 0 bridgehead atoms. The summed E-state index contributed by atoms with van der Waals surface area (Å²) in [6, 6.07) is 5.87. The summed E-state index contributed by atoms with van der Waals surface area (Å²) in [7, 11) is 0. The fourth-order valence-corrected chi connectivity index (χ4v) is 1.25. The van der Waals surface area contributed by atoms with Gasteiger partial charge in [0.15, 0.2) is 0 Å². The van der Waals surface area contributed by atoms with Gasteiger partial charge in [-0.2, -0.15) is 0 Å². The van der Waals surface area contributed by atoms with Gasteiger partial charge >= 0.3 is 0 Å². The maximum atomic E-state index is 5.64. The number of hydrogen-bond acceptors (Lipinski definition) is 3. The molecule has 70 valence electrons. The largest absolute Gasteiger partial charge is 0.397 e. The predicted octanol–water partition coefficient (Wildman–Crippen LogP) is 2.03. The van der Waals surface area contributed by atoms with Crippen molar-refractivity contribution < 1.29 is 0 Å². The Hall–Kier alpha value is -1.90. The van der Waals surface area contributed by atoms with E-state index >= 15 is 0 Å². The first-order valence-corrected chi connectivity index (χ1v) is 4.39. The lowest BCUT2D eigenvalue weighted by Crippen LogP contribution is -1.88. The van der Waals surface area contributed by atoms with Crippen LogP contribution >= 0.6 is 0 Å². The number of hydrogen-bond donors (Lipinski definition) is 1. The summed E-state index contributed by atoms with van der Waals surface area (Å²) in [6.07, 6.45) is 5.24. The van der Waals surface area contributed by atoms with Crippen LogP contribution in [0.1, 0.15) is 5.69 Å². The molecule has 2 heterocycles. The van der Waals surface area contributed by atoms with Gasteiger partial charge in [-0.05, 0) is 19.1 Å². The second-order valence-electron chi connectivity index (χ2n) is 3.20. The molecule has 0 aliphatic carbocycles. The van der Waals surface area contributed by atoms with Crippen LogP contribution in [0.3, 0.4) is 0 Å². The van der Waals surface area contributed by atoms with Crippen LogP contribution in [0.25, 0.3) is 11.1 Å². The molecule has 0 unspecified atom stereocenters. The van der Waals surface area contributed by atoms with Gasteiger partial charge in [0.2, 0.25) is 0 Å². The van der Waals surface area contributed by atoms with Crippen LogP contribution in [0.5, 0.6) is 0 Å². The van der Waals surface area contributed by atoms with Crippen molar-refractivity contribution in [3.63, 3.8) is 0 Å². The van der Waals surface area contributed by atoms with Crippen LogP contribution in [0, 0.1) is 6.92 Å². The maximum absolute atomic E-state index is 5.64. The summed E-state index contributed by atoms with van der Waals surface area (Å²) in [5.41, 5.74) is 9.35. The molecule has 0 aliphatic heterocycles. The van der Waals surface area contributed by atoms with E-state index in [2.05, 4.69) is 9.97 Å². The third-order valence-electron chi connectivity index (χ3n) is 2.00. The first-order valence-electron chi connectivity index (χ1n) is 4.39. The Morgan fingerprint density at radius 3 is 2.57 bits per heavy atom. The number of aromatic nitrogens is 2. The van der Waals surface area contributed by atoms with Crippen molar-refractivity contribution in [3.05, 3.63) is 42.5 Å². The van der Waals surface area contributed by atoms with Crippen LogP contribution < -0.4 is 5.73 Å². The summed E-state index contributed by atoms with van der Waals surface area (Å²) >= 11 is 0. The average molecular weight is 185 g/mol. The van der Waals surface area contributed by atoms with Crippen molar-refractivity contribution in [2.24, 2.45) is 0 Å². The molecule has 14 heavy (non-hydrogen) atoms. The molecule has 0 spiro atoms. The third kappa shape index (κ3) is 1.71. The Morgan fingerprint density at radius 2 is 1.93 bits per heavy atom. The van der Waals surface area contributed by atoms with Gasteiger partial charge in [-0.3, -0.25) is 9.97 Å². The fraction of sp³-hybridized carbons (Fsp3) is 0.0909. The van der Waals surface area contributed by atoms with Crippen LogP contribution in [-0.4, -0.2) is 9.97 Å². The number of rotatable bonds is 1. The summed E-state index contributed by atoms with van der Waals surface area (Å²) in [6.45, 7) is 1.96. The molecule has 0 saturated heterocycles. The highest BCUT2D eigenvalue weighted by molar-refractivity contribution is 5.64. The average Bonchev–Trinajstić information content (AvgIpc) is 2.19. The quantitative estimate of drug-likeness (QED) is 0.739. The standard InChI is InChI=1S/C11H11N3/c1-8-2-3-9(6-14-8)10-4-11(12)7-13-5-10/h2-7H,12H2,1H3. The number of pyridine rings is 2. The number of anilines is 1. The van der Waals surface area contributed by atoms with E-state index < -0.39 is 0 Å². The van der Waals surface area contributed by atoms with Crippen molar-refractivity contribution in [3.8, 4) is 11.1 Å². The lowest BCUT2D eigenvalue weighted by Gasteiger charge is -2.01. The molecule has 2 N–H and O–H groups in total. The molecule has 0 aliphatic rings. The Kier molecular flexibility index (Phi) is 2.14. The van der Waals surface area contributed by atoms with Gasteiger partial charge in [0.25, 0.3) is 0 Å². The molecule has 0 radical (unpaired) electrons. The summed E-state index contributed by atoms with van der Waals surface area (Å²) in [5, 5.41) is 0. The summed E-state index contributed by atoms with van der Waals surface area (Å²) < 4.78 is 0. The van der Waals surface area contributed by atoms with E-state index in [-0.39, 0.29) is 0 Å². The van der Waals surface area contributed by atoms with Crippen LogP contribution in [0.15, 0.2) is 36.8 Å². The van der Waals surface area contributed by atoms with Crippen molar-refractivity contribution in [2.75, 3.05) is 5.73 Å². The van der Waals surface area contributed by atoms with Gasteiger partial charge < -0.3 is 5.73 Å². The molecule has 0 atom stereocenters. The molecule has 3 nitrogen and oxygen atoms in total. The lowest BCUT2D eigenvalue weighted by molar-refractivity contribution is 1.20. The maximum Gasteiger partial charge on any atom is 0.0506 e. The molecule has 0 fully saturated rings. The lowest BCUT2D eigenvalue weighted by atomic mass is 10.1. The molecule has 2 aromatic rings. The van der Waals surface area contributed by atoms with Crippen LogP contribution in [0.2, 0.25) is 0 Å². The Bertz CT molecular complexity index is 435. The molecule has 0 amide bonds. The minimum absolute atomic E-state index is 0.670. The number of nitrogens with zero attached hydrogens (tertiary/aromatic N) is 2. The van der Waals surface area contributed by atoms with Crippen molar-refractivity contribution >= 4 is 5.69 Å². The number of aryl methyl sites for hydroxylation is 1. The van der Waals surface area contributed by atoms with Gasteiger partial charge in [-0.15, -0.1) is 0 Å². The monoisotopic (exact) mass is 185 g/mol. The van der Waals surface area contributed by atoms with Crippen molar-refractivity contribution in [1.82, 2.24) is 9.97 Å². The Morgan fingerprint density at radius 1 is 1.07 bits per heavy atom. The van der Waals surface area contributed by atoms with E-state index in [9.17, 15) is 0 Å². The van der Waals surface area contributed by atoms with E-state index in [4.69, 9.17) is 5.73 Å². The molecule has 2 aromatic heterocycles. The van der Waals surface area contributed by atoms with Gasteiger partial charge in [0.05, 0.1) is 5.69 Å². The predicted molar refractivity (Wildman–Crippen MR) is 56.6 cm³/mol. The molecule has 0 aromatic carbocycles. The Balaban J connectivity index is 2.44. The molecule has 2 rings (SSSR count). The highest BCUT2D eigenvalue weighted by atomic mass is 14.7. The van der Waals surface area contributed by atoms with Gasteiger partial charge in [-0.25, -0.2) is 0 Å². The van der Waals surface area contributed by atoms with Crippen LogP contribution in [0.4, 0.5) is 5.69 Å². The van der Waals surface area contributed by atoms with Crippen molar-refractivity contribution in [1.29, 1.82) is 0 Å². The zero-order valence-electron chi connectivity index (χ0n) is 7.94. The highest BCUT2D eigenvalue weighted by Crippen LogP contribution is 2.18. The van der Waals surface area contributed by atoms with Gasteiger partial charge in [0.1, 0.15) is 0 Å². The minimum Gasteiger partial charge on any atom is -0.397 e. The summed E-state index contributed by atoms with van der Waals surface area (Å²) in [5.74, 6) is 0. The normalized spacial score (nSPS) is 10.1. The minimum atomic E-state index is 0.670. The van der Waals surface area contributed by atoms with E-state index in [1.54, 1.807) is 12.4 Å². The van der Waals surface area contributed by atoms with E-state index in [0.717, 1.165) is 16.8 Å². The van der Waals surface area contributed by atoms with Crippen molar-refractivity contribution in [2.45, 2.75) is 6.92 Å². The number of nitrogens with two attached hydrogens (primary N) is 1. The van der Waals surface area contributed by atoms with Crippen LogP contribution in [-0.2, 0) is 0 Å². The molecule has 3 heteroatoms. The molecular formula is C11H11N3. The SMILES string of the molecule is Cc1ccc(-c2cncc(N)c2)cn1. The zero-order chi connectivity index (χ0) is 9.97. The second-order valence-corrected chi connectivity index (χ2v) is 3.20. The Labute approximate surface area is 82.6 Å².